The van der Waals surface area contributed by atoms with Crippen LogP contribution in [0.25, 0.3) is 6.08 Å². The Labute approximate surface area is 150 Å². The van der Waals surface area contributed by atoms with E-state index in [9.17, 15) is 14.4 Å². The summed E-state index contributed by atoms with van der Waals surface area (Å²) >= 11 is 5.88. The van der Waals surface area contributed by atoms with E-state index >= 15 is 0 Å². The molecular formula is C20H15ClO4. The van der Waals surface area contributed by atoms with E-state index in [2.05, 4.69) is 0 Å². The van der Waals surface area contributed by atoms with Crippen LogP contribution in [-0.2, 0) is 9.53 Å². The van der Waals surface area contributed by atoms with Gasteiger partial charge in [-0.25, -0.2) is 0 Å². The molecule has 0 saturated carbocycles. The molecule has 2 aromatic rings. The van der Waals surface area contributed by atoms with E-state index in [1.165, 1.54) is 0 Å². The smallest absolute Gasteiger partial charge is 0.321 e. The molecule has 25 heavy (non-hydrogen) atoms. The van der Waals surface area contributed by atoms with Crippen molar-refractivity contribution in [3.05, 3.63) is 75.8 Å². The van der Waals surface area contributed by atoms with Crippen LogP contribution in [0.5, 0.6) is 0 Å². The largest absolute Gasteiger partial charge is 0.465 e. The Morgan fingerprint density at radius 3 is 2.36 bits per heavy atom. The second-order valence-corrected chi connectivity index (χ2v) is 6.01. The van der Waals surface area contributed by atoms with Crippen molar-refractivity contribution in [2.24, 2.45) is 5.92 Å². The SMILES string of the molecule is CCOC(=O)[C@H]1C(=O)c2ccccc2C(=O)/C1=C\c1ccc(Cl)cc1. The quantitative estimate of drug-likeness (QED) is 0.475. The predicted molar refractivity (Wildman–Crippen MR) is 94.7 cm³/mol. The van der Waals surface area contributed by atoms with Crippen LogP contribution in [0, 0.1) is 5.92 Å². The van der Waals surface area contributed by atoms with Crippen molar-refractivity contribution in [2.75, 3.05) is 6.61 Å². The Morgan fingerprint density at radius 1 is 1.08 bits per heavy atom. The molecule has 0 radical (unpaired) electrons. The predicted octanol–water partition coefficient (Wildman–Crippen LogP) is 3.98. The highest BCUT2D eigenvalue weighted by molar-refractivity contribution is 6.31. The summed E-state index contributed by atoms with van der Waals surface area (Å²) in [5, 5.41) is 0.556. The number of ether oxygens (including phenoxy) is 1. The third kappa shape index (κ3) is 3.26. The number of rotatable bonds is 3. The second-order valence-electron chi connectivity index (χ2n) is 5.58. The molecular weight excluding hydrogens is 340 g/mol. The van der Waals surface area contributed by atoms with Crippen LogP contribution in [0.1, 0.15) is 33.2 Å². The maximum Gasteiger partial charge on any atom is 0.321 e. The number of benzene rings is 2. The first-order valence-corrected chi connectivity index (χ1v) is 8.22. The molecule has 0 aliphatic heterocycles. The number of esters is 1. The lowest BCUT2D eigenvalue weighted by Gasteiger charge is -2.24. The molecule has 0 unspecified atom stereocenters. The van der Waals surface area contributed by atoms with E-state index in [0.717, 1.165) is 0 Å². The van der Waals surface area contributed by atoms with E-state index in [1.807, 2.05) is 0 Å². The molecule has 5 heteroatoms. The molecule has 0 fully saturated rings. The average Bonchev–Trinajstić information content (AvgIpc) is 2.61. The van der Waals surface area contributed by atoms with Gasteiger partial charge < -0.3 is 4.74 Å². The minimum absolute atomic E-state index is 0.115. The molecule has 0 spiro atoms. The van der Waals surface area contributed by atoms with Crippen molar-refractivity contribution >= 4 is 35.2 Å². The molecule has 1 aliphatic rings. The molecule has 126 valence electrons. The van der Waals surface area contributed by atoms with Crippen molar-refractivity contribution in [1.82, 2.24) is 0 Å². The first kappa shape index (κ1) is 17.1. The molecule has 3 rings (SSSR count). The van der Waals surface area contributed by atoms with Crippen LogP contribution in [0.2, 0.25) is 5.02 Å². The Hall–Kier alpha value is -2.72. The maximum atomic E-state index is 12.9. The molecule has 1 atom stereocenters. The van der Waals surface area contributed by atoms with Gasteiger partial charge in [0.15, 0.2) is 11.6 Å². The van der Waals surface area contributed by atoms with E-state index in [4.69, 9.17) is 16.3 Å². The summed E-state index contributed by atoms with van der Waals surface area (Å²) in [4.78, 5) is 38.1. The van der Waals surface area contributed by atoms with Crippen LogP contribution in [-0.4, -0.2) is 24.1 Å². The van der Waals surface area contributed by atoms with Gasteiger partial charge in [0.25, 0.3) is 0 Å². The molecule has 2 aromatic carbocycles. The second kappa shape index (κ2) is 7.03. The monoisotopic (exact) mass is 354 g/mol. The van der Waals surface area contributed by atoms with Gasteiger partial charge >= 0.3 is 5.97 Å². The number of ketones is 2. The Kier molecular flexibility index (Phi) is 4.81. The van der Waals surface area contributed by atoms with Gasteiger partial charge in [-0.1, -0.05) is 48.0 Å². The number of carbonyl (C=O) groups is 3. The molecule has 0 amide bonds. The van der Waals surface area contributed by atoms with Crippen LogP contribution >= 0.6 is 11.6 Å². The van der Waals surface area contributed by atoms with E-state index in [1.54, 1.807) is 61.5 Å². The lowest BCUT2D eigenvalue weighted by Crippen LogP contribution is -2.36. The number of Topliss-reactive ketones (excluding diaryl/α,β-unsaturated/α-hetero) is 2. The van der Waals surface area contributed by atoms with Gasteiger partial charge in [-0.3, -0.25) is 14.4 Å². The molecule has 0 bridgehead atoms. The summed E-state index contributed by atoms with van der Waals surface area (Å²) in [5.41, 5.74) is 1.34. The fourth-order valence-corrected chi connectivity index (χ4v) is 2.95. The molecule has 0 aromatic heterocycles. The number of hydrogen-bond donors (Lipinski definition) is 0. The van der Waals surface area contributed by atoms with Crippen LogP contribution in [0.3, 0.4) is 0 Å². The van der Waals surface area contributed by atoms with Crippen molar-refractivity contribution in [1.29, 1.82) is 0 Å². The summed E-state index contributed by atoms with van der Waals surface area (Å²) in [6.07, 6.45) is 1.55. The van der Waals surface area contributed by atoms with Gasteiger partial charge in [0.1, 0.15) is 5.92 Å². The number of fused-ring (bicyclic) bond motifs is 1. The molecule has 0 N–H and O–H groups in total. The third-order valence-electron chi connectivity index (χ3n) is 3.99. The van der Waals surface area contributed by atoms with Crippen LogP contribution in [0.15, 0.2) is 54.1 Å². The highest BCUT2D eigenvalue weighted by atomic mass is 35.5. The van der Waals surface area contributed by atoms with Gasteiger partial charge in [-0.2, -0.15) is 0 Å². The van der Waals surface area contributed by atoms with Gasteiger partial charge in [0, 0.05) is 21.7 Å². The minimum atomic E-state index is -1.25. The lowest BCUT2D eigenvalue weighted by atomic mass is 9.77. The lowest BCUT2D eigenvalue weighted by molar-refractivity contribution is -0.144. The zero-order valence-electron chi connectivity index (χ0n) is 13.5. The van der Waals surface area contributed by atoms with Gasteiger partial charge in [0.2, 0.25) is 0 Å². The van der Waals surface area contributed by atoms with Crippen molar-refractivity contribution in [3.63, 3.8) is 0 Å². The molecule has 4 nitrogen and oxygen atoms in total. The van der Waals surface area contributed by atoms with Crippen molar-refractivity contribution in [2.45, 2.75) is 6.92 Å². The van der Waals surface area contributed by atoms with Gasteiger partial charge in [0.05, 0.1) is 6.61 Å². The summed E-state index contributed by atoms with van der Waals surface area (Å²) in [5.74, 6) is -2.73. The first-order chi connectivity index (χ1) is 12.0. The summed E-state index contributed by atoms with van der Waals surface area (Å²) < 4.78 is 5.03. The molecule has 1 aliphatic carbocycles. The van der Waals surface area contributed by atoms with E-state index < -0.39 is 17.7 Å². The van der Waals surface area contributed by atoms with E-state index in [0.29, 0.717) is 16.1 Å². The molecule has 0 saturated heterocycles. The summed E-state index contributed by atoms with van der Waals surface area (Å²) in [6.45, 7) is 1.79. The topological polar surface area (TPSA) is 60.4 Å². The number of hydrogen-bond acceptors (Lipinski definition) is 4. The average molecular weight is 355 g/mol. The van der Waals surface area contributed by atoms with Crippen molar-refractivity contribution in [3.8, 4) is 0 Å². The maximum absolute atomic E-state index is 12.9. The van der Waals surface area contributed by atoms with Gasteiger partial charge in [-0.15, -0.1) is 0 Å². The summed E-state index contributed by atoms with van der Waals surface area (Å²) in [6, 6.07) is 13.3. The Balaban J connectivity index is 2.15. The molecule has 0 heterocycles. The first-order valence-electron chi connectivity index (χ1n) is 7.84. The fourth-order valence-electron chi connectivity index (χ4n) is 2.83. The standard InChI is InChI=1S/C20H15ClO4/c1-2-25-20(24)17-16(11-12-7-9-13(21)10-8-12)18(22)14-5-3-4-6-15(14)19(17)23/h3-11,17H,2H2,1H3/b16-11-/t17-/m1/s1. The highest BCUT2D eigenvalue weighted by Crippen LogP contribution is 2.32. The van der Waals surface area contributed by atoms with Crippen LogP contribution < -0.4 is 0 Å². The fraction of sp³-hybridized carbons (Fsp3) is 0.150. The Morgan fingerprint density at radius 2 is 1.72 bits per heavy atom. The van der Waals surface area contributed by atoms with Crippen LogP contribution in [0.4, 0.5) is 0 Å². The van der Waals surface area contributed by atoms with E-state index in [-0.39, 0.29) is 23.5 Å². The zero-order chi connectivity index (χ0) is 18.0. The van der Waals surface area contributed by atoms with Crippen molar-refractivity contribution < 1.29 is 19.1 Å². The third-order valence-corrected chi connectivity index (χ3v) is 4.24. The zero-order valence-corrected chi connectivity index (χ0v) is 14.2. The Bertz CT molecular complexity index is 881. The summed E-state index contributed by atoms with van der Waals surface area (Å²) in [7, 11) is 0. The minimum Gasteiger partial charge on any atom is -0.465 e. The number of halogens is 1. The van der Waals surface area contributed by atoms with Gasteiger partial charge in [-0.05, 0) is 30.7 Å². The highest BCUT2D eigenvalue weighted by Gasteiger charge is 2.42. The number of carbonyl (C=O) groups excluding carboxylic acids is 3. The normalized spacial score (nSPS) is 18.2.